The monoisotopic (exact) mass is 395 g/mol. The molecule has 0 spiro atoms. The molecule has 3 aromatic carbocycles. The van der Waals surface area contributed by atoms with Crippen molar-refractivity contribution in [2.75, 3.05) is 5.73 Å². The first-order valence-corrected chi connectivity index (χ1v) is 9.11. The third kappa shape index (κ3) is 3.73. The summed E-state index contributed by atoms with van der Waals surface area (Å²) in [6, 6.07) is 24.4. The average molecular weight is 395 g/mol. The number of aromatic hydroxyl groups is 2. The van der Waals surface area contributed by atoms with Crippen LogP contribution in [0.25, 0.3) is 22.4 Å². The number of ether oxygens (including phenoxy) is 1. The van der Waals surface area contributed by atoms with E-state index < -0.39 is 0 Å². The zero-order chi connectivity index (χ0) is 21.1. The molecule has 30 heavy (non-hydrogen) atoms. The minimum Gasteiger partial charge on any atom is -0.508 e. The van der Waals surface area contributed by atoms with Gasteiger partial charge in [0.25, 0.3) is 0 Å². The van der Waals surface area contributed by atoms with Gasteiger partial charge in [-0.3, -0.25) is 0 Å². The number of hydrogen-bond acceptors (Lipinski definition) is 6. The van der Waals surface area contributed by atoms with Crippen molar-refractivity contribution < 1.29 is 14.9 Å². The van der Waals surface area contributed by atoms with Crippen LogP contribution in [0.2, 0.25) is 0 Å². The quantitative estimate of drug-likeness (QED) is 0.444. The standard InChI is InChI=1S/C24H17N3O3/c25-14-20-19(13-21(27-24(20)26)16-5-4-6-17(28)11-16)15-9-10-23(22(29)12-15)30-18-7-2-1-3-8-18/h1-13,28-29H,(H2,26,27). The fourth-order valence-electron chi connectivity index (χ4n) is 3.11. The lowest BCUT2D eigenvalue weighted by molar-refractivity contribution is 0.411. The maximum Gasteiger partial charge on any atom is 0.169 e. The van der Waals surface area contributed by atoms with Crippen LogP contribution in [-0.2, 0) is 0 Å². The molecule has 0 radical (unpaired) electrons. The molecule has 6 heteroatoms. The van der Waals surface area contributed by atoms with Gasteiger partial charge in [-0.2, -0.15) is 5.26 Å². The third-order valence-electron chi connectivity index (χ3n) is 4.54. The van der Waals surface area contributed by atoms with E-state index in [-0.39, 0.29) is 22.9 Å². The number of benzene rings is 3. The van der Waals surface area contributed by atoms with E-state index in [1.165, 1.54) is 6.07 Å². The van der Waals surface area contributed by atoms with E-state index in [0.717, 1.165) is 0 Å². The van der Waals surface area contributed by atoms with Gasteiger partial charge in [0, 0.05) is 11.1 Å². The molecule has 0 fully saturated rings. The maximum absolute atomic E-state index is 10.5. The summed E-state index contributed by atoms with van der Waals surface area (Å²) >= 11 is 0. The summed E-state index contributed by atoms with van der Waals surface area (Å²) in [6.07, 6.45) is 0. The molecule has 4 aromatic rings. The number of phenols is 2. The Labute approximate surface area is 173 Å². The van der Waals surface area contributed by atoms with Gasteiger partial charge in [0.1, 0.15) is 28.9 Å². The first kappa shape index (κ1) is 18.8. The maximum atomic E-state index is 10.5. The zero-order valence-electron chi connectivity index (χ0n) is 15.8. The number of aromatic nitrogens is 1. The Bertz CT molecular complexity index is 1260. The van der Waals surface area contributed by atoms with E-state index in [9.17, 15) is 15.5 Å². The summed E-state index contributed by atoms with van der Waals surface area (Å²) in [5.41, 5.74) is 8.49. The molecule has 6 nitrogen and oxygen atoms in total. The number of para-hydroxylation sites is 1. The van der Waals surface area contributed by atoms with Crippen LogP contribution in [0.1, 0.15) is 5.56 Å². The van der Waals surface area contributed by atoms with E-state index >= 15 is 0 Å². The number of anilines is 1. The van der Waals surface area contributed by atoms with Crippen LogP contribution in [0.5, 0.6) is 23.0 Å². The van der Waals surface area contributed by atoms with E-state index in [2.05, 4.69) is 11.1 Å². The molecule has 0 unspecified atom stereocenters. The summed E-state index contributed by atoms with van der Waals surface area (Å²) in [6.45, 7) is 0. The number of nitrogen functional groups attached to an aromatic ring is 1. The molecule has 1 heterocycles. The van der Waals surface area contributed by atoms with Crippen molar-refractivity contribution >= 4 is 5.82 Å². The molecule has 0 amide bonds. The molecular weight excluding hydrogens is 378 g/mol. The molecular formula is C24H17N3O3. The van der Waals surface area contributed by atoms with Gasteiger partial charge in [-0.15, -0.1) is 0 Å². The second-order valence-electron chi connectivity index (χ2n) is 6.58. The third-order valence-corrected chi connectivity index (χ3v) is 4.54. The summed E-state index contributed by atoms with van der Waals surface area (Å²) in [5.74, 6) is 0.974. The molecule has 146 valence electrons. The van der Waals surface area contributed by atoms with Crippen molar-refractivity contribution in [1.82, 2.24) is 4.98 Å². The number of nitrogens with two attached hydrogens (primary N) is 1. The highest BCUT2D eigenvalue weighted by Crippen LogP contribution is 2.37. The van der Waals surface area contributed by atoms with Crippen LogP contribution < -0.4 is 10.5 Å². The lowest BCUT2D eigenvalue weighted by Gasteiger charge is -2.12. The molecule has 1 aromatic heterocycles. The minimum atomic E-state index is -0.0745. The smallest absolute Gasteiger partial charge is 0.169 e. The highest BCUT2D eigenvalue weighted by atomic mass is 16.5. The molecule has 0 bridgehead atoms. The summed E-state index contributed by atoms with van der Waals surface area (Å²) < 4.78 is 5.71. The number of phenolic OH excluding ortho intramolecular Hbond substituents is 2. The van der Waals surface area contributed by atoms with Gasteiger partial charge in [0.2, 0.25) is 0 Å². The largest absolute Gasteiger partial charge is 0.508 e. The SMILES string of the molecule is N#Cc1c(-c2ccc(Oc3ccccc3)c(O)c2)cc(-c2cccc(O)c2)nc1N. The van der Waals surface area contributed by atoms with Gasteiger partial charge in [0.15, 0.2) is 11.5 Å². The van der Waals surface area contributed by atoms with Crippen LogP contribution in [-0.4, -0.2) is 15.2 Å². The number of hydrogen-bond donors (Lipinski definition) is 3. The molecule has 0 saturated heterocycles. The van der Waals surface area contributed by atoms with Crippen molar-refractivity contribution in [2.45, 2.75) is 0 Å². The molecule has 0 aliphatic carbocycles. The number of rotatable bonds is 4. The lowest BCUT2D eigenvalue weighted by atomic mass is 9.98. The Balaban J connectivity index is 1.77. The zero-order valence-corrected chi connectivity index (χ0v) is 15.8. The molecule has 0 aliphatic heterocycles. The van der Waals surface area contributed by atoms with Crippen molar-refractivity contribution in [2.24, 2.45) is 0 Å². The summed E-state index contributed by atoms with van der Waals surface area (Å²) in [4.78, 5) is 4.29. The topological polar surface area (TPSA) is 112 Å². The Morgan fingerprint density at radius 3 is 2.37 bits per heavy atom. The van der Waals surface area contributed by atoms with Gasteiger partial charge < -0.3 is 20.7 Å². The van der Waals surface area contributed by atoms with Gasteiger partial charge in [0.05, 0.1) is 5.69 Å². The number of nitriles is 1. The van der Waals surface area contributed by atoms with Crippen LogP contribution >= 0.6 is 0 Å². The van der Waals surface area contributed by atoms with E-state index in [0.29, 0.717) is 33.9 Å². The van der Waals surface area contributed by atoms with Gasteiger partial charge in [-0.05, 0) is 48.0 Å². The van der Waals surface area contributed by atoms with E-state index in [4.69, 9.17) is 10.5 Å². The summed E-state index contributed by atoms with van der Waals surface area (Å²) in [5, 5.41) is 29.8. The summed E-state index contributed by atoms with van der Waals surface area (Å²) in [7, 11) is 0. The van der Waals surface area contributed by atoms with Crippen molar-refractivity contribution in [3.63, 3.8) is 0 Å². The molecule has 0 aliphatic rings. The first-order chi connectivity index (χ1) is 14.5. The predicted octanol–water partition coefficient (Wildman–Crippen LogP) is 5.07. The van der Waals surface area contributed by atoms with Crippen LogP contribution in [0.3, 0.4) is 0 Å². The Morgan fingerprint density at radius 1 is 0.867 bits per heavy atom. The van der Waals surface area contributed by atoms with Crippen molar-refractivity contribution in [3.8, 4) is 51.5 Å². The van der Waals surface area contributed by atoms with Crippen molar-refractivity contribution in [1.29, 1.82) is 5.26 Å². The normalized spacial score (nSPS) is 10.4. The molecule has 4 rings (SSSR count). The fourth-order valence-corrected chi connectivity index (χ4v) is 3.11. The highest BCUT2D eigenvalue weighted by molar-refractivity contribution is 5.81. The second-order valence-corrected chi connectivity index (χ2v) is 6.58. The lowest BCUT2D eigenvalue weighted by Crippen LogP contribution is -2.00. The minimum absolute atomic E-state index is 0.0671. The fraction of sp³-hybridized carbons (Fsp3) is 0. The Morgan fingerprint density at radius 2 is 1.67 bits per heavy atom. The molecule has 0 atom stereocenters. The average Bonchev–Trinajstić information content (AvgIpc) is 2.75. The van der Waals surface area contributed by atoms with Crippen LogP contribution in [0.4, 0.5) is 5.82 Å². The Kier molecular flexibility index (Phi) is 4.93. The van der Waals surface area contributed by atoms with Gasteiger partial charge >= 0.3 is 0 Å². The first-order valence-electron chi connectivity index (χ1n) is 9.11. The number of nitrogens with zero attached hydrogens (tertiary/aromatic N) is 2. The molecule has 4 N–H and O–H groups in total. The Hall–Kier alpha value is -4.50. The second kappa shape index (κ2) is 7.86. The van der Waals surface area contributed by atoms with Gasteiger partial charge in [-0.1, -0.05) is 36.4 Å². The van der Waals surface area contributed by atoms with Crippen LogP contribution in [0, 0.1) is 11.3 Å². The van der Waals surface area contributed by atoms with Crippen LogP contribution in [0.15, 0.2) is 78.9 Å². The number of pyridine rings is 1. The van der Waals surface area contributed by atoms with Crippen molar-refractivity contribution in [3.05, 3.63) is 84.4 Å². The predicted molar refractivity (Wildman–Crippen MR) is 114 cm³/mol. The molecule has 0 saturated carbocycles. The van der Waals surface area contributed by atoms with E-state index in [1.807, 2.05) is 18.2 Å². The highest BCUT2D eigenvalue weighted by Gasteiger charge is 2.15. The van der Waals surface area contributed by atoms with Gasteiger partial charge in [-0.25, -0.2) is 4.98 Å². The van der Waals surface area contributed by atoms with E-state index in [1.54, 1.807) is 54.6 Å².